The highest BCUT2D eigenvalue weighted by Crippen LogP contribution is 2.31. The largest absolute Gasteiger partial charge is 0.573 e. The van der Waals surface area contributed by atoms with Crippen molar-refractivity contribution < 1.29 is 41.3 Å². The number of hydrogen-bond acceptors (Lipinski definition) is 4. The van der Waals surface area contributed by atoms with Crippen LogP contribution in [0.1, 0.15) is 0 Å². The van der Waals surface area contributed by atoms with E-state index < -0.39 is 36.5 Å². The van der Waals surface area contributed by atoms with Gasteiger partial charge in [0.25, 0.3) is 18.4 Å². The van der Waals surface area contributed by atoms with E-state index in [1.165, 1.54) is 0 Å². The number of aliphatic carboxylic acids is 1. The van der Waals surface area contributed by atoms with Crippen molar-refractivity contribution in [3.8, 4) is 11.6 Å². The molecule has 0 aromatic carbocycles. The lowest BCUT2D eigenvalue weighted by Crippen LogP contribution is -2.31. The van der Waals surface area contributed by atoms with Crippen LogP contribution < -0.4 is 9.47 Å². The minimum Gasteiger partial charge on any atom is -0.479 e. The molecular weight excluding hydrogens is 281 g/mol. The van der Waals surface area contributed by atoms with Crippen molar-refractivity contribution in [2.75, 3.05) is 0 Å². The van der Waals surface area contributed by atoms with Crippen LogP contribution in [0.25, 0.3) is 0 Å². The summed E-state index contributed by atoms with van der Waals surface area (Å²) in [5.74, 6) is -4.20. The Morgan fingerprint density at radius 1 is 1.37 bits per heavy atom. The number of hydrogen-bond donors (Lipinski definition) is 1. The molecule has 0 saturated heterocycles. The third-order valence-corrected chi connectivity index (χ3v) is 1.65. The normalized spacial score (nSPS) is 14.6. The van der Waals surface area contributed by atoms with Crippen molar-refractivity contribution in [1.82, 2.24) is 4.98 Å². The smallest absolute Gasteiger partial charge is 0.479 e. The summed E-state index contributed by atoms with van der Waals surface area (Å²) in [6, 6.07) is 1.78. The van der Waals surface area contributed by atoms with E-state index >= 15 is 0 Å². The summed E-state index contributed by atoms with van der Waals surface area (Å²) >= 11 is 0. The number of nitrogens with zero attached hydrogens (tertiary/aromatic N) is 1. The van der Waals surface area contributed by atoms with Gasteiger partial charge in [0.1, 0.15) is 0 Å². The zero-order chi connectivity index (χ0) is 14.6. The van der Waals surface area contributed by atoms with Gasteiger partial charge in [-0.1, -0.05) is 0 Å². The lowest BCUT2D eigenvalue weighted by Gasteiger charge is -2.15. The van der Waals surface area contributed by atoms with E-state index in [0.29, 0.717) is 0 Å². The van der Waals surface area contributed by atoms with Gasteiger partial charge in [-0.3, -0.25) is 0 Å². The van der Waals surface area contributed by atoms with Gasteiger partial charge in [0, 0.05) is 6.20 Å². The maximum atomic E-state index is 13.0. The van der Waals surface area contributed by atoms with E-state index in [1.54, 1.807) is 0 Å². The number of halogens is 5. The van der Waals surface area contributed by atoms with Crippen LogP contribution in [0.5, 0.6) is 11.6 Å². The van der Waals surface area contributed by atoms with Gasteiger partial charge in [-0.15, -0.1) is 13.2 Å². The first-order chi connectivity index (χ1) is 8.70. The molecule has 0 radical (unpaired) electrons. The number of pyridine rings is 1. The van der Waals surface area contributed by atoms with Crippen molar-refractivity contribution >= 4 is 5.97 Å². The van der Waals surface area contributed by atoms with Gasteiger partial charge in [-0.05, 0) is 12.1 Å². The zero-order valence-corrected chi connectivity index (χ0v) is 8.90. The van der Waals surface area contributed by atoms with E-state index in [2.05, 4.69) is 14.5 Å². The molecule has 1 N–H and O–H groups in total. The minimum atomic E-state index is -5.09. The van der Waals surface area contributed by atoms with E-state index in [0.717, 1.165) is 18.3 Å². The lowest BCUT2D eigenvalue weighted by molar-refractivity contribution is -0.275. The number of alkyl halides is 5. The highest BCUT2D eigenvalue weighted by atomic mass is 19.4. The first-order valence-corrected chi connectivity index (χ1v) is 4.59. The minimum absolute atomic E-state index is 0.747. The molecule has 2 unspecified atom stereocenters. The number of carbonyl (C=O) groups is 1. The monoisotopic (exact) mass is 287 g/mol. The van der Waals surface area contributed by atoms with Crippen LogP contribution in [0.2, 0.25) is 0 Å². The Balaban J connectivity index is 2.86. The Morgan fingerprint density at radius 3 is 2.53 bits per heavy atom. The van der Waals surface area contributed by atoms with Crippen molar-refractivity contribution in [2.24, 2.45) is 0 Å². The van der Waals surface area contributed by atoms with Gasteiger partial charge in [0.2, 0.25) is 0 Å². The standard InChI is InChI=1S/C9H6F5NO4/c10-5(8(16)17)6(11)18-7-4(2-1-3-15-7)19-9(12,13)14/h1-3,5-6H,(H,16,17). The molecule has 5 nitrogen and oxygen atoms in total. The second-order valence-corrected chi connectivity index (χ2v) is 3.06. The average Bonchev–Trinajstić information content (AvgIpc) is 2.28. The highest BCUT2D eigenvalue weighted by Gasteiger charge is 2.35. The zero-order valence-electron chi connectivity index (χ0n) is 8.90. The van der Waals surface area contributed by atoms with Crippen molar-refractivity contribution in [3.05, 3.63) is 18.3 Å². The van der Waals surface area contributed by atoms with E-state index in [-0.39, 0.29) is 0 Å². The highest BCUT2D eigenvalue weighted by molar-refractivity contribution is 5.72. The van der Waals surface area contributed by atoms with Gasteiger partial charge < -0.3 is 14.6 Å². The van der Waals surface area contributed by atoms with Crippen LogP contribution in [0.3, 0.4) is 0 Å². The Hall–Kier alpha value is -2.13. The van der Waals surface area contributed by atoms with Crippen LogP contribution >= 0.6 is 0 Å². The molecule has 2 atom stereocenters. The van der Waals surface area contributed by atoms with Crippen LogP contribution in [-0.4, -0.2) is 35.0 Å². The lowest BCUT2D eigenvalue weighted by atomic mass is 10.4. The molecule has 19 heavy (non-hydrogen) atoms. The predicted molar refractivity (Wildman–Crippen MR) is 49.0 cm³/mol. The van der Waals surface area contributed by atoms with Crippen LogP contribution in [-0.2, 0) is 4.79 Å². The fourth-order valence-corrected chi connectivity index (χ4v) is 0.945. The Labute approximate surface area is 102 Å². The fraction of sp³-hybridized carbons (Fsp3) is 0.333. The Morgan fingerprint density at radius 2 is 2.00 bits per heavy atom. The Bertz CT molecular complexity index is 452. The third kappa shape index (κ3) is 4.56. The molecule has 0 saturated carbocycles. The molecule has 0 aliphatic carbocycles. The number of carboxylic acid groups (broad SMARTS) is 1. The van der Waals surface area contributed by atoms with Gasteiger partial charge in [-0.25, -0.2) is 14.2 Å². The summed E-state index contributed by atoms with van der Waals surface area (Å²) in [4.78, 5) is 13.3. The first kappa shape index (κ1) is 14.9. The van der Waals surface area contributed by atoms with E-state index in [1.807, 2.05) is 0 Å². The molecule has 106 valence electrons. The molecule has 0 aliphatic rings. The van der Waals surface area contributed by atoms with Crippen molar-refractivity contribution in [1.29, 1.82) is 0 Å². The number of carboxylic acids is 1. The first-order valence-electron chi connectivity index (χ1n) is 4.59. The molecule has 0 spiro atoms. The number of aromatic nitrogens is 1. The van der Waals surface area contributed by atoms with Crippen LogP contribution in [0.4, 0.5) is 22.0 Å². The molecule has 1 aromatic rings. The van der Waals surface area contributed by atoms with Crippen molar-refractivity contribution in [3.63, 3.8) is 0 Å². The van der Waals surface area contributed by atoms with Gasteiger partial charge in [0.15, 0.2) is 5.75 Å². The maximum Gasteiger partial charge on any atom is 0.573 e. The van der Waals surface area contributed by atoms with E-state index in [9.17, 15) is 26.7 Å². The van der Waals surface area contributed by atoms with Gasteiger partial charge >= 0.3 is 12.3 Å². The summed E-state index contributed by atoms with van der Waals surface area (Å²) in [5.41, 5.74) is 0. The third-order valence-electron chi connectivity index (χ3n) is 1.65. The summed E-state index contributed by atoms with van der Waals surface area (Å²) in [6.45, 7) is 0. The van der Waals surface area contributed by atoms with E-state index in [4.69, 9.17) is 5.11 Å². The summed E-state index contributed by atoms with van der Waals surface area (Å²) < 4.78 is 69.1. The molecule has 0 fully saturated rings. The van der Waals surface area contributed by atoms with Crippen LogP contribution in [0.15, 0.2) is 18.3 Å². The van der Waals surface area contributed by atoms with Crippen molar-refractivity contribution in [2.45, 2.75) is 18.9 Å². The SMILES string of the molecule is O=C(O)C(F)C(F)Oc1ncccc1OC(F)(F)F. The molecule has 1 heterocycles. The molecule has 10 heteroatoms. The fourth-order valence-electron chi connectivity index (χ4n) is 0.945. The maximum absolute atomic E-state index is 13.0. The molecular formula is C9H6F5NO4. The second-order valence-electron chi connectivity index (χ2n) is 3.06. The molecule has 0 bridgehead atoms. The second kappa shape index (κ2) is 5.67. The quantitative estimate of drug-likeness (QED) is 0.840. The molecule has 1 rings (SSSR count). The molecule has 1 aromatic heterocycles. The predicted octanol–water partition coefficient (Wildman–Crippen LogP) is 2.08. The number of ether oxygens (including phenoxy) is 2. The topological polar surface area (TPSA) is 68.7 Å². The molecule has 0 aliphatic heterocycles. The Kier molecular flexibility index (Phi) is 4.46. The van der Waals surface area contributed by atoms with Gasteiger partial charge in [0.05, 0.1) is 0 Å². The number of rotatable bonds is 5. The molecule has 0 amide bonds. The van der Waals surface area contributed by atoms with Crippen LogP contribution in [0, 0.1) is 0 Å². The van der Waals surface area contributed by atoms with Gasteiger partial charge in [-0.2, -0.15) is 4.39 Å². The summed E-state index contributed by atoms with van der Waals surface area (Å²) in [6.07, 6.45) is -10.3. The summed E-state index contributed by atoms with van der Waals surface area (Å²) in [5, 5.41) is 8.16. The average molecular weight is 287 g/mol. The summed E-state index contributed by atoms with van der Waals surface area (Å²) in [7, 11) is 0.